The molecule has 9 aromatic carbocycles. The van der Waals surface area contributed by atoms with Crippen molar-refractivity contribution in [3.63, 3.8) is 0 Å². The number of furan rings is 2. The monoisotopic (exact) mass is 717 g/mol. The molecule has 0 atom stereocenters. The van der Waals surface area contributed by atoms with Gasteiger partial charge in [0.15, 0.2) is 0 Å². The largest absolute Gasteiger partial charge is 0.456 e. The molecule has 0 unspecified atom stereocenters. The standard InChI is InChI=1S/C53H35NO2/c1-53(2)44-16-8-5-13-39(44)40-25-22-35(30-45(40)53)54(36-23-26-42-41-14-6-9-17-47(41)56-50(42)31-36)46-27-28-49-52(43-15-7-10-18-48(43)55-49)51(46)34-21-24-38-33(29-34)20-19-32-11-3-4-12-37(32)38/h3-31H,1-2H3. The summed E-state index contributed by atoms with van der Waals surface area (Å²) < 4.78 is 13.1. The van der Waals surface area contributed by atoms with Crippen molar-refractivity contribution in [1.29, 1.82) is 0 Å². The zero-order chi connectivity index (χ0) is 37.1. The minimum atomic E-state index is -0.162. The van der Waals surface area contributed by atoms with Crippen LogP contribution in [0.25, 0.3) is 87.7 Å². The van der Waals surface area contributed by atoms with Gasteiger partial charge in [0.05, 0.1) is 5.69 Å². The Labute approximate surface area is 323 Å². The Bertz CT molecular complexity index is 3420. The minimum Gasteiger partial charge on any atom is -0.456 e. The Hall–Kier alpha value is -7.10. The Kier molecular flexibility index (Phi) is 6.40. The van der Waals surface area contributed by atoms with Gasteiger partial charge in [-0.1, -0.05) is 129 Å². The van der Waals surface area contributed by atoms with Gasteiger partial charge in [-0.05, 0) is 104 Å². The molecule has 2 aromatic heterocycles. The molecule has 264 valence electrons. The van der Waals surface area contributed by atoms with Gasteiger partial charge in [-0.15, -0.1) is 0 Å². The van der Waals surface area contributed by atoms with E-state index in [4.69, 9.17) is 8.83 Å². The van der Waals surface area contributed by atoms with Crippen LogP contribution in [-0.2, 0) is 5.41 Å². The van der Waals surface area contributed by atoms with Gasteiger partial charge in [0.1, 0.15) is 22.3 Å². The van der Waals surface area contributed by atoms with Crippen molar-refractivity contribution in [2.24, 2.45) is 0 Å². The van der Waals surface area contributed by atoms with Crippen LogP contribution in [0.5, 0.6) is 0 Å². The number of rotatable bonds is 4. The number of hydrogen-bond acceptors (Lipinski definition) is 3. The SMILES string of the molecule is CC1(C)c2ccccc2-c2ccc(N(c3ccc4c(c3)oc3ccccc34)c3ccc4oc5ccccc5c4c3-c3ccc4c(ccc5ccccc54)c3)cc21. The van der Waals surface area contributed by atoms with Gasteiger partial charge in [-0.3, -0.25) is 0 Å². The predicted octanol–water partition coefficient (Wildman–Crippen LogP) is 15.2. The fourth-order valence-electron chi connectivity index (χ4n) is 9.57. The van der Waals surface area contributed by atoms with Crippen molar-refractivity contribution in [3.8, 4) is 22.3 Å². The van der Waals surface area contributed by atoms with Gasteiger partial charge in [0.2, 0.25) is 0 Å². The maximum absolute atomic E-state index is 6.59. The van der Waals surface area contributed by atoms with Crippen LogP contribution in [0.3, 0.4) is 0 Å². The van der Waals surface area contributed by atoms with Gasteiger partial charge in [0.25, 0.3) is 0 Å². The van der Waals surface area contributed by atoms with Crippen molar-refractivity contribution in [1.82, 2.24) is 0 Å². The fraction of sp³-hybridized carbons (Fsp3) is 0.0566. The molecule has 0 radical (unpaired) electrons. The van der Waals surface area contributed by atoms with Crippen LogP contribution in [0.2, 0.25) is 0 Å². The summed E-state index contributed by atoms with van der Waals surface area (Å²) in [5.74, 6) is 0. The van der Waals surface area contributed by atoms with E-state index >= 15 is 0 Å². The van der Waals surface area contributed by atoms with E-state index in [2.05, 4.69) is 176 Å². The van der Waals surface area contributed by atoms with Gasteiger partial charge >= 0.3 is 0 Å². The highest BCUT2D eigenvalue weighted by atomic mass is 16.3. The average molecular weight is 718 g/mol. The van der Waals surface area contributed by atoms with Gasteiger partial charge < -0.3 is 13.7 Å². The lowest BCUT2D eigenvalue weighted by Gasteiger charge is -2.30. The number of fused-ring (bicyclic) bond motifs is 12. The van der Waals surface area contributed by atoms with E-state index in [1.165, 1.54) is 43.8 Å². The van der Waals surface area contributed by atoms with Gasteiger partial charge in [0, 0.05) is 50.0 Å². The maximum Gasteiger partial charge on any atom is 0.137 e. The highest BCUT2D eigenvalue weighted by Crippen LogP contribution is 2.53. The molecule has 0 amide bonds. The van der Waals surface area contributed by atoms with Crippen molar-refractivity contribution in [2.75, 3.05) is 4.90 Å². The predicted molar refractivity (Wildman–Crippen MR) is 234 cm³/mol. The van der Waals surface area contributed by atoms with E-state index in [0.717, 1.165) is 72.1 Å². The molecule has 3 nitrogen and oxygen atoms in total. The van der Waals surface area contributed by atoms with Crippen molar-refractivity contribution < 1.29 is 8.83 Å². The summed E-state index contributed by atoms with van der Waals surface area (Å²) >= 11 is 0. The van der Waals surface area contributed by atoms with Crippen LogP contribution in [0.4, 0.5) is 17.1 Å². The van der Waals surface area contributed by atoms with E-state index in [0.29, 0.717) is 0 Å². The average Bonchev–Trinajstić information content (AvgIpc) is 3.88. The molecule has 0 bridgehead atoms. The number of anilines is 3. The van der Waals surface area contributed by atoms with Crippen LogP contribution >= 0.6 is 0 Å². The van der Waals surface area contributed by atoms with Crippen molar-refractivity contribution >= 4 is 82.5 Å². The second kappa shape index (κ2) is 11.5. The first-order valence-electron chi connectivity index (χ1n) is 19.3. The lowest BCUT2D eigenvalue weighted by molar-refractivity contribution is 0.660. The summed E-state index contributed by atoms with van der Waals surface area (Å²) in [4.78, 5) is 2.42. The Morgan fingerprint density at radius 1 is 0.411 bits per heavy atom. The third kappa shape index (κ3) is 4.40. The third-order valence-electron chi connectivity index (χ3n) is 12.2. The molecule has 2 heterocycles. The zero-order valence-corrected chi connectivity index (χ0v) is 31.0. The first kappa shape index (κ1) is 31.3. The summed E-state index contributed by atoms with van der Waals surface area (Å²) in [5.41, 5.74) is 14.0. The topological polar surface area (TPSA) is 29.5 Å². The van der Waals surface area contributed by atoms with Gasteiger partial charge in [-0.25, -0.2) is 0 Å². The fourth-order valence-corrected chi connectivity index (χ4v) is 9.57. The quantitative estimate of drug-likeness (QED) is 0.170. The molecule has 3 heteroatoms. The van der Waals surface area contributed by atoms with Crippen LogP contribution in [0.1, 0.15) is 25.0 Å². The Morgan fingerprint density at radius 2 is 1.04 bits per heavy atom. The van der Waals surface area contributed by atoms with Crippen LogP contribution in [0, 0.1) is 0 Å². The highest BCUT2D eigenvalue weighted by molar-refractivity contribution is 6.18. The second-order valence-electron chi connectivity index (χ2n) is 15.7. The summed E-state index contributed by atoms with van der Waals surface area (Å²) in [6.45, 7) is 4.69. The first-order chi connectivity index (χ1) is 27.5. The molecule has 0 spiro atoms. The number of para-hydroxylation sites is 2. The molecule has 0 fully saturated rings. The van der Waals surface area contributed by atoms with E-state index in [-0.39, 0.29) is 5.41 Å². The molecule has 56 heavy (non-hydrogen) atoms. The third-order valence-corrected chi connectivity index (χ3v) is 12.2. The number of hydrogen-bond donors (Lipinski definition) is 0. The normalized spacial score (nSPS) is 13.3. The Balaban J connectivity index is 1.17. The summed E-state index contributed by atoms with van der Waals surface area (Å²) in [6, 6.07) is 63.6. The lowest BCUT2D eigenvalue weighted by atomic mass is 9.82. The second-order valence-corrected chi connectivity index (χ2v) is 15.7. The molecular formula is C53H35NO2. The number of nitrogens with zero attached hydrogens (tertiary/aromatic N) is 1. The van der Waals surface area contributed by atoms with E-state index in [1.54, 1.807) is 0 Å². The van der Waals surface area contributed by atoms with E-state index < -0.39 is 0 Å². The lowest BCUT2D eigenvalue weighted by Crippen LogP contribution is -2.17. The highest BCUT2D eigenvalue weighted by Gasteiger charge is 2.36. The summed E-state index contributed by atoms with van der Waals surface area (Å²) in [5, 5.41) is 9.35. The Morgan fingerprint density at radius 3 is 1.93 bits per heavy atom. The summed E-state index contributed by atoms with van der Waals surface area (Å²) in [7, 11) is 0. The van der Waals surface area contributed by atoms with E-state index in [9.17, 15) is 0 Å². The zero-order valence-electron chi connectivity index (χ0n) is 31.0. The van der Waals surface area contributed by atoms with E-state index in [1.807, 2.05) is 18.2 Å². The van der Waals surface area contributed by atoms with Gasteiger partial charge in [-0.2, -0.15) is 0 Å². The minimum absolute atomic E-state index is 0.162. The maximum atomic E-state index is 6.59. The molecule has 0 saturated carbocycles. The molecule has 1 aliphatic rings. The molecule has 11 aromatic rings. The number of benzene rings is 9. The summed E-state index contributed by atoms with van der Waals surface area (Å²) in [6.07, 6.45) is 0. The molecule has 0 saturated heterocycles. The molecule has 0 N–H and O–H groups in total. The molecule has 0 aliphatic heterocycles. The first-order valence-corrected chi connectivity index (χ1v) is 19.3. The van der Waals surface area contributed by atoms with Crippen molar-refractivity contribution in [3.05, 3.63) is 187 Å². The van der Waals surface area contributed by atoms with Crippen LogP contribution in [-0.4, -0.2) is 0 Å². The van der Waals surface area contributed by atoms with Crippen molar-refractivity contribution in [2.45, 2.75) is 19.3 Å². The molecular weight excluding hydrogens is 683 g/mol. The smallest absolute Gasteiger partial charge is 0.137 e. The van der Waals surface area contributed by atoms with Crippen LogP contribution < -0.4 is 4.90 Å². The molecule has 12 rings (SSSR count). The van der Waals surface area contributed by atoms with Crippen LogP contribution in [0.15, 0.2) is 185 Å². The molecule has 1 aliphatic carbocycles.